The average molecular weight is 540 g/mol. The fourth-order valence-electron chi connectivity index (χ4n) is 5.39. The summed E-state index contributed by atoms with van der Waals surface area (Å²) in [6.45, 7) is 8.96. The predicted molar refractivity (Wildman–Crippen MR) is 164 cm³/mol. The quantitative estimate of drug-likeness (QED) is 0.214. The molecule has 5 rings (SSSR count). The smallest absolute Gasteiger partial charge is 0.227 e. The van der Waals surface area contributed by atoms with Crippen LogP contribution in [-0.2, 0) is 13.0 Å². The van der Waals surface area contributed by atoms with Crippen LogP contribution in [-0.4, -0.2) is 60.8 Å². The monoisotopic (exact) mass is 539 g/mol. The van der Waals surface area contributed by atoms with Crippen LogP contribution in [0.5, 0.6) is 5.75 Å². The second-order valence-electron chi connectivity index (χ2n) is 10.5. The molecule has 0 unspecified atom stereocenters. The zero-order valence-corrected chi connectivity index (χ0v) is 24.0. The van der Waals surface area contributed by atoms with Gasteiger partial charge in [-0.2, -0.15) is 0 Å². The second-order valence-corrected chi connectivity index (χ2v) is 10.5. The van der Waals surface area contributed by atoms with Crippen molar-refractivity contribution in [3.63, 3.8) is 0 Å². The third kappa shape index (κ3) is 5.16. The summed E-state index contributed by atoms with van der Waals surface area (Å²) in [7, 11) is 7.57. The summed E-state index contributed by atoms with van der Waals surface area (Å²) in [4.78, 5) is 25.3. The Hall–Kier alpha value is -4.24. The van der Waals surface area contributed by atoms with E-state index in [1.165, 1.54) is 16.6 Å². The third-order valence-electron chi connectivity index (χ3n) is 7.65. The van der Waals surface area contributed by atoms with Crippen molar-refractivity contribution in [2.75, 3.05) is 51.6 Å². The molecule has 4 aromatic rings. The Morgan fingerprint density at radius 3 is 2.73 bits per heavy atom. The number of fused-ring (bicyclic) bond motifs is 3. The average Bonchev–Trinajstić information content (AvgIpc) is 3.55. The van der Waals surface area contributed by atoms with Gasteiger partial charge in [-0.3, -0.25) is 0 Å². The molecule has 40 heavy (non-hydrogen) atoms. The SMILES string of the molecule is C=C(CC)c1ccc2c(c1)c(-c1ccnc(Nc3cc(N=O)c(N(C)CCN(C)C)cc3OC)n1)c1n2CCC1. The van der Waals surface area contributed by atoms with E-state index < -0.39 is 0 Å². The molecule has 1 N–H and O–H groups in total. The standard InChI is InChI=1S/C31H37N7O2/c1-7-20(2)21-10-11-26-22(17-21)30(27-9-8-14-38(26)27)23-12-13-32-31(33-23)34-25-18-24(35-39)28(19-29(25)40-6)37(5)16-15-36(3)4/h10-13,17-19H,2,7-9,14-16H2,1,3-6H3,(H,32,33,34). The molecule has 9 heteroatoms. The lowest BCUT2D eigenvalue weighted by atomic mass is 9.99. The molecule has 0 fully saturated rings. The number of nitrogens with one attached hydrogen (secondary N) is 1. The van der Waals surface area contributed by atoms with Gasteiger partial charge < -0.3 is 24.4 Å². The number of nitroso groups, excluding NO2 is 1. The predicted octanol–water partition coefficient (Wildman–Crippen LogP) is 6.62. The fraction of sp³-hybridized carbons (Fsp3) is 0.355. The first-order valence-electron chi connectivity index (χ1n) is 13.7. The van der Waals surface area contributed by atoms with E-state index in [2.05, 4.69) is 56.6 Å². The lowest BCUT2D eigenvalue weighted by Crippen LogP contribution is -2.28. The fourth-order valence-corrected chi connectivity index (χ4v) is 5.39. The Morgan fingerprint density at radius 1 is 1.18 bits per heavy atom. The number of aromatic nitrogens is 3. The summed E-state index contributed by atoms with van der Waals surface area (Å²) in [6, 6.07) is 12.1. The Labute approximate surface area is 235 Å². The minimum absolute atomic E-state index is 0.320. The number of ether oxygens (including phenoxy) is 1. The summed E-state index contributed by atoms with van der Waals surface area (Å²) >= 11 is 0. The highest BCUT2D eigenvalue weighted by Gasteiger charge is 2.24. The van der Waals surface area contributed by atoms with E-state index in [4.69, 9.17) is 9.72 Å². The van der Waals surface area contributed by atoms with Crippen molar-refractivity contribution in [1.29, 1.82) is 0 Å². The molecule has 0 saturated heterocycles. The van der Waals surface area contributed by atoms with Gasteiger partial charge in [0, 0.05) is 61.1 Å². The largest absolute Gasteiger partial charge is 0.494 e. The van der Waals surface area contributed by atoms with E-state index >= 15 is 0 Å². The van der Waals surface area contributed by atoms with Crippen molar-refractivity contribution in [2.45, 2.75) is 32.7 Å². The molecule has 3 heterocycles. The molecule has 208 valence electrons. The Balaban J connectivity index is 1.53. The zero-order valence-electron chi connectivity index (χ0n) is 24.0. The number of likely N-dealkylation sites (N-methyl/N-ethyl adjacent to an activating group) is 2. The maximum absolute atomic E-state index is 11.8. The molecular formula is C31H37N7O2. The van der Waals surface area contributed by atoms with Crippen LogP contribution < -0.4 is 15.0 Å². The summed E-state index contributed by atoms with van der Waals surface area (Å²) < 4.78 is 8.10. The van der Waals surface area contributed by atoms with Crippen LogP contribution in [0.3, 0.4) is 0 Å². The number of anilines is 3. The van der Waals surface area contributed by atoms with Crippen LogP contribution in [0.4, 0.5) is 23.0 Å². The maximum atomic E-state index is 11.8. The highest BCUT2D eigenvalue weighted by molar-refractivity contribution is 5.99. The van der Waals surface area contributed by atoms with Crippen LogP contribution in [0.15, 0.2) is 54.4 Å². The number of hydrogen-bond donors (Lipinski definition) is 1. The number of nitrogens with zero attached hydrogens (tertiary/aromatic N) is 6. The van der Waals surface area contributed by atoms with Gasteiger partial charge in [0.25, 0.3) is 0 Å². The number of rotatable bonds is 11. The van der Waals surface area contributed by atoms with Gasteiger partial charge in [-0.25, -0.2) is 9.97 Å². The number of allylic oxidation sites excluding steroid dienone is 1. The van der Waals surface area contributed by atoms with Crippen molar-refractivity contribution in [3.05, 3.63) is 65.3 Å². The first-order valence-corrected chi connectivity index (χ1v) is 13.7. The molecule has 0 atom stereocenters. The highest BCUT2D eigenvalue weighted by atomic mass is 16.5. The molecule has 2 aromatic carbocycles. The first kappa shape index (κ1) is 27.3. The van der Waals surface area contributed by atoms with E-state index in [0.29, 0.717) is 28.8 Å². The van der Waals surface area contributed by atoms with Gasteiger partial charge in [-0.05, 0) is 73.9 Å². The van der Waals surface area contributed by atoms with Gasteiger partial charge in [0.15, 0.2) is 0 Å². The van der Waals surface area contributed by atoms with Crippen molar-refractivity contribution in [1.82, 2.24) is 19.4 Å². The molecule has 0 bridgehead atoms. The van der Waals surface area contributed by atoms with Crippen LogP contribution in [0, 0.1) is 4.91 Å². The molecule has 0 aliphatic carbocycles. The lowest BCUT2D eigenvalue weighted by molar-refractivity contribution is 0.413. The molecule has 0 saturated carbocycles. The zero-order chi connectivity index (χ0) is 28.4. The van der Waals surface area contributed by atoms with E-state index in [9.17, 15) is 4.91 Å². The summed E-state index contributed by atoms with van der Waals surface area (Å²) in [5, 5.41) is 7.77. The van der Waals surface area contributed by atoms with Crippen molar-refractivity contribution in [3.8, 4) is 17.0 Å². The van der Waals surface area contributed by atoms with Gasteiger partial charge in [0.05, 0.1) is 24.2 Å². The number of hydrogen-bond acceptors (Lipinski definition) is 8. The number of aryl methyl sites for hydroxylation is 1. The Bertz CT molecular complexity index is 1570. The van der Waals surface area contributed by atoms with E-state index in [1.54, 1.807) is 19.4 Å². The van der Waals surface area contributed by atoms with E-state index in [1.807, 2.05) is 38.2 Å². The van der Waals surface area contributed by atoms with Gasteiger partial charge >= 0.3 is 0 Å². The topological polar surface area (TPSA) is 87.9 Å². The highest BCUT2D eigenvalue weighted by Crippen LogP contribution is 2.41. The first-order chi connectivity index (χ1) is 19.3. The van der Waals surface area contributed by atoms with Crippen LogP contribution >= 0.6 is 0 Å². The normalized spacial score (nSPS) is 12.6. The van der Waals surface area contributed by atoms with Crippen molar-refractivity contribution >= 4 is 39.5 Å². The molecule has 1 aliphatic rings. The lowest BCUT2D eigenvalue weighted by Gasteiger charge is -2.23. The van der Waals surface area contributed by atoms with Gasteiger partial charge in [-0.1, -0.05) is 19.6 Å². The van der Waals surface area contributed by atoms with Crippen molar-refractivity contribution < 1.29 is 4.74 Å². The second kappa shape index (κ2) is 11.5. The summed E-state index contributed by atoms with van der Waals surface area (Å²) in [5.74, 6) is 0.993. The van der Waals surface area contributed by atoms with Gasteiger partial charge in [-0.15, -0.1) is 4.91 Å². The third-order valence-corrected chi connectivity index (χ3v) is 7.65. The minimum Gasteiger partial charge on any atom is -0.494 e. The molecule has 1 aliphatic heterocycles. The minimum atomic E-state index is 0.320. The molecule has 2 aromatic heterocycles. The number of benzene rings is 2. The van der Waals surface area contributed by atoms with Crippen LogP contribution in [0.25, 0.3) is 27.7 Å². The summed E-state index contributed by atoms with van der Waals surface area (Å²) in [6.07, 6.45) is 4.79. The Morgan fingerprint density at radius 2 is 2.00 bits per heavy atom. The maximum Gasteiger partial charge on any atom is 0.227 e. The van der Waals surface area contributed by atoms with E-state index in [0.717, 1.165) is 61.3 Å². The Kier molecular flexibility index (Phi) is 7.84. The van der Waals surface area contributed by atoms with Crippen LogP contribution in [0.1, 0.15) is 31.0 Å². The van der Waals surface area contributed by atoms with E-state index in [-0.39, 0.29) is 0 Å². The molecule has 0 amide bonds. The number of methoxy groups -OCH3 is 1. The molecule has 9 nitrogen and oxygen atoms in total. The van der Waals surface area contributed by atoms with Gasteiger partial charge in [0.1, 0.15) is 11.4 Å². The molecule has 0 radical (unpaired) electrons. The summed E-state index contributed by atoms with van der Waals surface area (Å²) in [5.41, 5.74) is 8.39. The van der Waals surface area contributed by atoms with Gasteiger partial charge in [0.2, 0.25) is 5.95 Å². The molecular weight excluding hydrogens is 502 g/mol. The van der Waals surface area contributed by atoms with Crippen LogP contribution in [0.2, 0.25) is 0 Å². The molecule has 0 spiro atoms. The van der Waals surface area contributed by atoms with Crippen molar-refractivity contribution in [2.24, 2.45) is 5.18 Å².